The molecule has 0 amide bonds. The highest BCUT2D eigenvalue weighted by Crippen LogP contribution is 2.21. The van der Waals surface area contributed by atoms with Gasteiger partial charge in [-0.15, -0.1) is 10.2 Å². The minimum Gasteiger partial charge on any atom is -0.236 e. The highest BCUT2D eigenvalue weighted by molar-refractivity contribution is 5.62. The van der Waals surface area contributed by atoms with E-state index in [-0.39, 0.29) is 0 Å². The van der Waals surface area contributed by atoms with Crippen molar-refractivity contribution in [1.29, 1.82) is 5.26 Å². The summed E-state index contributed by atoms with van der Waals surface area (Å²) in [6.45, 7) is 1.97. The van der Waals surface area contributed by atoms with Crippen molar-refractivity contribution in [2.75, 3.05) is 0 Å². The maximum absolute atomic E-state index is 9.17. The number of rotatable bonds is 4. The fourth-order valence-corrected chi connectivity index (χ4v) is 3.39. The van der Waals surface area contributed by atoms with Gasteiger partial charge in [0.2, 0.25) is 0 Å². The average molecular weight is 403 g/mol. The maximum Gasteiger partial charge on any atom is 0.177 e. The molecule has 3 aromatic heterocycles. The Morgan fingerprint density at radius 2 is 1.71 bits per heavy atom. The van der Waals surface area contributed by atoms with Crippen LogP contribution in [0.2, 0.25) is 0 Å². The molecule has 0 aliphatic carbocycles. The molecule has 0 saturated carbocycles. The minimum atomic E-state index is 0.565. The summed E-state index contributed by atoms with van der Waals surface area (Å²) in [5.41, 5.74) is 5.94. The molecule has 2 aromatic carbocycles. The van der Waals surface area contributed by atoms with Crippen LogP contribution in [0.3, 0.4) is 0 Å². The van der Waals surface area contributed by atoms with E-state index in [0.29, 0.717) is 23.5 Å². The molecule has 5 rings (SSSR count). The predicted molar refractivity (Wildman–Crippen MR) is 116 cm³/mol. The lowest BCUT2D eigenvalue weighted by atomic mass is 10.1. The molecule has 0 aliphatic rings. The minimum absolute atomic E-state index is 0.565. The van der Waals surface area contributed by atoms with E-state index in [1.54, 1.807) is 10.6 Å². The van der Waals surface area contributed by atoms with Gasteiger partial charge in [-0.1, -0.05) is 30.3 Å². The number of aromatic nitrogens is 6. The Hall–Kier alpha value is -4.44. The number of nitrogens with zero attached hydrogens (tertiary/aromatic N) is 7. The summed E-state index contributed by atoms with van der Waals surface area (Å²) in [5.74, 6) is 1.42. The average Bonchev–Trinajstić information content (AvgIpc) is 3.21. The van der Waals surface area contributed by atoms with Crippen molar-refractivity contribution in [1.82, 2.24) is 29.8 Å². The topological polar surface area (TPSA) is 92.6 Å². The van der Waals surface area contributed by atoms with Crippen LogP contribution < -0.4 is 0 Å². The predicted octanol–water partition coefficient (Wildman–Crippen LogP) is 4.02. The molecule has 0 aliphatic heterocycles. The van der Waals surface area contributed by atoms with Gasteiger partial charge >= 0.3 is 0 Å². The van der Waals surface area contributed by atoms with Gasteiger partial charge in [0.05, 0.1) is 17.3 Å². The molecule has 7 nitrogen and oxygen atoms in total. The second-order valence-electron chi connectivity index (χ2n) is 7.26. The Bertz CT molecular complexity index is 1430. The van der Waals surface area contributed by atoms with Gasteiger partial charge in [-0.25, -0.2) is 9.97 Å². The van der Waals surface area contributed by atoms with Crippen LogP contribution >= 0.6 is 0 Å². The van der Waals surface area contributed by atoms with Crippen LogP contribution in [0, 0.1) is 18.3 Å². The van der Waals surface area contributed by atoms with Gasteiger partial charge in [0.25, 0.3) is 0 Å². The third kappa shape index (κ3) is 3.74. The number of hydrogen-bond donors (Lipinski definition) is 0. The first-order valence-electron chi connectivity index (χ1n) is 9.79. The molecule has 7 heteroatoms. The summed E-state index contributed by atoms with van der Waals surface area (Å²) >= 11 is 0. The zero-order valence-corrected chi connectivity index (χ0v) is 16.8. The van der Waals surface area contributed by atoms with Crippen LogP contribution in [0.1, 0.15) is 22.5 Å². The third-order valence-electron chi connectivity index (χ3n) is 4.94. The lowest BCUT2D eigenvalue weighted by Gasteiger charge is -2.06. The molecule has 0 saturated heterocycles. The molecule has 3 heterocycles. The van der Waals surface area contributed by atoms with Gasteiger partial charge in [0.1, 0.15) is 0 Å². The van der Waals surface area contributed by atoms with E-state index in [1.165, 1.54) is 0 Å². The summed E-state index contributed by atoms with van der Waals surface area (Å²) in [4.78, 5) is 8.83. The molecule has 148 valence electrons. The molecule has 0 N–H and O–H groups in total. The van der Waals surface area contributed by atoms with Crippen molar-refractivity contribution in [2.45, 2.75) is 13.3 Å². The molecular formula is C24H17N7. The normalized spacial score (nSPS) is 10.8. The Morgan fingerprint density at radius 3 is 2.55 bits per heavy atom. The van der Waals surface area contributed by atoms with Gasteiger partial charge in [-0.3, -0.25) is 0 Å². The molecule has 0 radical (unpaired) electrons. The van der Waals surface area contributed by atoms with Crippen LogP contribution in [0.5, 0.6) is 0 Å². The first-order chi connectivity index (χ1) is 15.2. The van der Waals surface area contributed by atoms with E-state index in [9.17, 15) is 0 Å². The van der Waals surface area contributed by atoms with E-state index >= 15 is 0 Å². The number of benzene rings is 2. The zero-order valence-electron chi connectivity index (χ0n) is 16.8. The molecule has 0 fully saturated rings. The van der Waals surface area contributed by atoms with Crippen molar-refractivity contribution in [2.24, 2.45) is 0 Å². The van der Waals surface area contributed by atoms with E-state index < -0.39 is 0 Å². The van der Waals surface area contributed by atoms with Gasteiger partial charge in [-0.05, 0) is 48.4 Å². The second kappa shape index (κ2) is 7.76. The van der Waals surface area contributed by atoms with Gasteiger partial charge in [0, 0.05) is 29.9 Å². The van der Waals surface area contributed by atoms with Crippen molar-refractivity contribution in [3.8, 4) is 28.7 Å². The lowest BCUT2D eigenvalue weighted by molar-refractivity contribution is 0.841. The summed E-state index contributed by atoms with van der Waals surface area (Å²) in [7, 11) is 0. The Kier molecular flexibility index (Phi) is 4.65. The molecule has 0 unspecified atom stereocenters. The summed E-state index contributed by atoms with van der Waals surface area (Å²) < 4.78 is 1.75. The van der Waals surface area contributed by atoms with E-state index in [0.717, 1.165) is 33.8 Å². The quantitative estimate of drug-likeness (QED) is 0.450. The first-order valence-corrected chi connectivity index (χ1v) is 9.79. The number of nitriles is 1. The highest BCUT2D eigenvalue weighted by atomic mass is 15.4. The standard InChI is InChI=1S/C24H17N7/c1-16-14-26-24(27-15-16)20-7-2-4-17(10-20)12-23-29-28-22-9-8-21(30-31(22)23)19-6-3-5-18(11-19)13-25/h2-11,14-15H,12H2,1H3. The zero-order chi connectivity index (χ0) is 21.2. The van der Waals surface area contributed by atoms with Crippen molar-refractivity contribution >= 4 is 5.65 Å². The third-order valence-corrected chi connectivity index (χ3v) is 4.94. The van der Waals surface area contributed by atoms with Crippen LogP contribution in [-0.2, 0) is 6.42 Å². The fourth-order valence-electron chi connectivity index (χ4n) is 3.39. The van der Waals surface area contributed by atoms with Gasteiger partial charge < -0.3 is 0 Å². The molecule has 0 bridgehead atoms. The second-order valence-corrected chi connectivity index (χ2v) is 7.26. The molecular weight excluding hydrogens is 386 g/mol. The van der Waals surface area contributed by atoms with Crippen molar-refractivity contribution < 1.29 is 0 Å². The Morgan fingerprint density at radius 1 is 0.903 bits per heavy atom. The molecule has 5 aromatic rings. The van der Waals surface area contributed by atoms with E-state index in [1.807, 2.05) is 67.8 Å². The van der Waals surface area contributed by atoms with Crippen molar-refractivity contribution in [3.63, 3.8) is 0 Å². The van der Waals surface area contributed by atoms with Crippen LogP contribution in [0.25, 0.3) is 28.3 Å². The van der Waals surface area contributed by atoms with E-state index in [2.05, 4.69) is 32.3 Å². The summed E-state index contributed by atoms with van der Waals surface area (Å²) in [6, 6.07) is 21.4. The number of fused-ring (bicyclic) bond motifs is 1. The SMILES string of the molecule is Cc1cnc(-c2cccc(Cc3nnc4ccc(-c5cccc(C#N)c5)nn34)c2)nc1. The van der Waals surface area contributed by atoms with Crippen molar-refractivity contribution in [3.05, 3.63) is 95.6 Å². The van der Waals surface area contributed by atoms with Crippen LogP contribution in [0.15, 0.2) is 73.1 Å². The monoisotopic (exact) mass is 403 g/mol. The number of aryl methyl sites for hydroxylation is 1. The molecule has 0 atom stereocenters. The van der Waals surface area contributed by atoms with Crippen LogP contribution in [-0.4, -0.2) is 29.8 Å². The Labute approximate surface area is 178 Å². The van der Waals surface area contributed by atoms with Gasteiger partial charge in [0.15, 0.2) is 17.3 Å². The first kappa shape index (κ1) is 18.6. The number of hydrogen-bond acceptors (Lipinski definition) is 6. The van der Waals surface area contributed by atoms with E-state index in [4.69, 9.17) is 10.4 Å². The lowest BCUT2D eigenvalue weighted by Crippen LogP contribution is -2.02. The van der Waals surface area contributed by atoms with Crippen LogP contribution in [0.4, 0.5) is 0 Å². The largest absolute Gasteiger partial charge is 0.236 e. The maximum atomic E-state index is 9.17. The highest BCUT2D eigenvalue weighted by Gasteiger charge is 2.11. The fraction of sp³-hybridized carbons (Fsp3) is 0.0833. The smallest absolute Gasteiger partial charge is 0.177 e. The summed E-state index contributed by atoms with van der Waals surface area (Å²) in [6.07, 6.45) is 4.19. The molecule has 0 spiro atoms. The molecule has 31 heavy (non-hydrogen) atoms. The summed E-state index contributed by atoms with van der Waals surface area (Å²) in [5, 5.41) is 22.5. The Balaban J connectivity index is 1.49. The van der Waals surface area contributed by atoms with Gasteiger partial charge in [-0.2, -0.15) is 14.9 Å².